The lowest BCUT2D eigenvalue weighted by Gasteiger charge is -2.39. The van der Waals surface area contributed by atoms with Crippen molar-refractivity contribution in [1.29, 1.82) is 0 Å². The normalized spacial score (nSPS) is 21.1. The van der Waals surface area contributed by atoms with Gasteiger partial charge in [-0.15, -0.1) is 0 Å². The molecule has 1 aromatic carbocycles. The standard InChI is InChI=1S/C18H30N2O/c1-3-12-19-16(2)18-11-7-8-13-20(18)14-15-21-17-9-5-4-6-10-17/h4-6,9-10,16,18-19H,3,7-8,11-15H2,1-2H3. The van der Waals surface area contributed by atoms with Crippen LogP contribution in [0.15, 0.2) is 30.3 Å². The number of para-hydroxylation sites is 1. The number of piperidine rings is 1. The van der Waals surface area contributed by atoms with Gasteiger partial charge in [0.1, 0.15) is 12.4 Å². The summed E-state index contributed by atoms with van der Waals surface area (Å²) in [5, 5.41) is 3.66. The van der Waals surface area contributed by atoms with Gasteiger partial charge in [0.2, 0.25) is 0 Å². The Labute approximate surface area is 129 Å². The van der Waals surface area contributed by atoms with E-state index in [1.54, 1.807) is 0 Å². The van der Waals surface area contributed by atoms with E-state index in [1.165, 1.54) is 32.2 Å². The minimum Gasteiger partial charge on any atom is -0.492 e. The summed E-state index contributed by atoms with van der Waals surface area (Å²) in [5.74, 6) is 0.975. The largest absolute Gasteiger partial charge is 0.492 e. The Hall–Kier alpha value is -1.06. The zero-order chi connectivity index (χ0) is 14.9. The number of hydrogen-bond acceptors (Lipinski definition) is 3. The van der Waals surface area contributed by atoms with Crippen LogP contribution in [0.3, 0.4) is 0 Å². The van der Waals surface area contributed by atoms with Gasteiger partial charge in [-0.2, -0.15) is 0 Å². The molecule has 1 heterocycles. The molecule has 2 atom stereocenters. The van der Waals surface area contributed by atoms with Crippen LogP contribution in [0.25, 0.3) is 0 Å². The quantitative estimate of drug-likeness (QED) is 0.795. The van der Waals surface area contributed by atoms with E-state index in [2.05, 4.69) is 24.1 Å². The Morgan fingerprint density at radius 1 is 1.29 bits per heavy atom. The van der Waals surface area contributed by atoms with Gasteiger partial charge in [0.15, 0.2) is 0 Å². The van der Waals surface area contributed by atoms with Gasteiger partial charge in [0, 0.05) is 18.6 Å². The first-order chi connectivity index (χ1) is 10.3. The van der Waals surface area contributed by atoms with Crippen molar-refractivity contribution in [3.8, 4) is 5.75 Å². The molecule has 0 bridgehead atoms. The molecule has 0 amide bonds. The molecule has 21 heavy (non-hydrogen) atoms. The van der Waals surface area contributed by atoms with Crippen LogP contribution in [0.5, 0.6) is 5.75 Å². The van der Waals surface area contributed by atoms with E-state index >= 15 is 0 Å². The van der Waals surface area contributed by atoms with Gasteiger partial charge < -0.3 is 10.1 Å². The summed E-state index contributed by atoms with van der Waals surface area (Å²) in [7, 11) is 0. The van der Waals surface area contributed by atoms with E-state index in [-0.39, 0.29) is 0 Å². The van der Waals surface area contributed by atoms with Crippen molar-refractivity contribution in [2.45, 2.75) is 51.6 Å². The molecule has 0 spiro atoms. The summed E-state index contributed by atoms with van der Waals surface area (Å²) < 4.78 is 5.86. The third-order valence-electron chi connectivity index (χ3n) is 4.35. The Kier molecular flexibility index (Phi) is 7.04. The van der Waals surface area contributed by atoms with Crippen LogP contribution in [0, 0.1) is 0 Å². The Balaban J connectivity index is 1.78. The average molecular weight is 290 g/mol. The Morgan fingerprint density at radius 2 is 2.10 bits per heavy atom. The fraction of sp³-hybridized carbons (Fsp3) is 0.667. The van der Waals surface area contributed by atoms with Gasteiger partial charge in [-0.1, -0.05) is 31.5 Å². The molecule has 3 nitrogen and oxygen atoms in total. The highest BCUT2D eigenvalue weighted by Crippen LogP contribution is 2.20. The highest BCUT2D eigenvalue weighted by Gasteiger charge is 2.26. The third kappa shape index (κ3) is 5.33. The van der Waals surface area contributed by atoms with Crippen molar-refractivity contribution >= 4 is 0 Å². The SMILES string of the molecule is CCCNC(C)C1CCCCN1CCOc1ccccc1. The van der Waals surface area contributed by atoms with E-state index in [1.807, 2.05) is 30.3 Å². The lowest BCUT2D eigenvalue weighted by Crippen LogP contribution is -2.52. The summed E-state index contributed by atoms with van der Waals surface area (Å²) >= 11 is 0. The summed E-state index contributed by atoms with van der Waals surface area (Å²) in [5.41, 5.74) is 0. The van der Waals surface area contributed by atoms with Crippen LogP contribution in [0.2, 0.25) is 0 Å². The first-order valence-electron chi connectivity index (χ1n) is 8.46. The predicted octanol–water partition coefficient (Wildman–Crippen LogP) is 3.31. The van der Waals surface area contributed by atoms with E-state index in [0.717, 1.165) is 25.4 Å². The maximum Gasteiger partial charge on any atom is 0.119 e. The molecule has 1 aliphatic heterocycles. The minimum atomic E-state index is 0.571. The number of nitrogens with one attached hydrogen (secondary N) is 1. The van der Waals surface area contributed by atoms with Crippen molar-refractivity contribution in [3.05, 3.63) is 30.3 Å². The van der Waals surface area contributed by atoms with Crippen LogP contribution in [-0.4, -0.2) is 43.2 Å². The van der Waals surface area contributed by atoms with Gasteiger partial charge in [-0.05, 0) is 51.4 Å². The molecule has 0 aliphatic carbocycles. The maximum atomic E-state index is 5.86. The zero-order valence-corrected chi connectivity index (χ0v) is 13.6. The molecule has 0 saturated carbocycles. The highest BCUT2D eigenvalue weighted by atomic mass is 16.5. The van der Waals surface area contributed by atoms with Crippen molar-refractivity contribution in [1.82, 2.24) is 10.2 Å². The topological polar surface area (TPSA) is 24.5 Å². The molecular formula is C18H30N2O. The Bertz CT molecular complexity index is 382. The van der Waals surface area contributed by atoms with Crippen molar-refractivity contribution in [3.63, 3.8) is 0 Å². The van der Waals surface area contributed by atoms with Gasteiger partial charge in [-0.3, -0.25) is 4.90 Å². The molecule has 1 N–H and O–H groups in total. The van der Waals surface area contributed by atoms with E-state index in [4.69, 9.17) is 4.74 Å². The predicted molar refractivity (Wildman–Crippen MR) is 88.9 cm³/mol. The van der Waals surface area contributed by atoms with Crippen LogP contribution in [0.4, 0.5) is 0 Å². The third-order valence-corrected chi connectivity index (χ3v) is 4.35. The maximum absolute atomic E-state index is 5.86. The van der Waals surface area contributed by atoms with Crippen molar-refractivity contribution < 1.29 is 4.74 Å². The number of benzene rings is 1. The van der Waals surface area contributed by atoms with Crippen molar-refractivity contribution in [2.75, 3.05) is 26.2 Å². The van der Waals surface area contributed by atoms with E-state index < -0.39 is 0 Å². The molecule has 2 rings (SSSR count). The average Bonchev–Trinajstić information content (AvgIpc) is 2.54. The second kappa shape index (κ2) is 9.06. The lowest BCUT2D eigenvalue weighted by molar-refractivity contribution is 0.100. The van der Waals surface area contributed by atoms with Crippen LogP contribution in [0.1, 0.15) is 39.5 Å². The molecule has 1 saturated heterocycles. The lowest BCUT2D eigenvalue weighted by atomic mass is 9.96. The summed E-state index contributed by atoms with van der Waals surface area (Å²) in [6.07, 6.45) is 5.19. The molecule has 0 aromatic heterocycles. The summed E-state index contributed by atoms with van der Waals surface area (Å²) in [4.78, 5) is 2.61. The summed E-state index contributed by atoms with van der Waals surface area (Å²) in [6.45, 7) is 8.69. The first-order valence-corrected chi connectivity index (χ1v) is 8.46. The van der Waals surface area contributed by atoms with Crippen molar-refractivity contribution in [2.24, 2.45) is 0 Å². The molecule has 1 aromatic rings. The highest BCUT2D eigenvalue weighted by molar-refractivity contribution is 5.20. The van der Waals surface area contributed by atoms with Crippen LogP contribution < -0.4 is 10.1 Å². The minimum absolute atomic E-state index is 0.571. The number of likely N-dealkylation sites (tertiary alicyclic amines) is 1. The number of rotatable bonds is 8. The molecule has 1 aliphatic rings. The molecular weight excluding hydrogens is 260 g/mol. The molecule has 118 valence electrons. The van der Waals surface area contributed by atoms with Gasteiger partial charge in [-0.25, -0.2) is 0 Å². The number of hydrogen-bond donors (Lipinski definition) is 1. The van der Waals surface area contributed by atoms with Gasteiger partial charge in [0.25, 0.3) is 0 Å². The smallest absolute Gasteiger partial charge is 0.119 e. The Morgan fingerprint density at radius 3 is 2.86 bits per heavy atom. The fourth-order valence-electron chi connectivity index (χ4n) is 3.17. The number of nitrogens with zero attached hydrogens (tertiary/aromatic N) is 1. The second-order valence-electron chi connectivity index (χ2n) is 6.00. The number of ether oxygens (including phenoxy) is 1. The van der Waals surface area contributed by atoms with E-state index in [9.17, 15) is 0 Å². The van der Waals surface area contributed by atoms with E-state index in [0.29, 0.717) is 12.1 Å². The van der Waals surface area contributed by atoms with Gasteiger partial charge in [0.05, 0.1) is 0 Å². The molecule has 1 fully saturated rings. The van der Waals surface area contributed by atoms with Gasteiger partial charge >= 0.3 is 0 Å². The first kappa shape index (κ1) is 16.3. The molecule has 2 unspecified atom stereocenters. The molecule has 0 radical (unpaired) electrons. The van der Waals surface area contributed by atoms with Crippen LogP contribution in [-0.2, 0) is 0 Å². The summed E-state index contributed by atoms with van der Waals surface area (Å²) in [6, 6.07) is 11.4. The molecule has 3 heteroatoms. The van der Waals surface area contributed by atoms with Crippen LogP contribution >= 0.6 is 0 Å². The second-order valence-corrected chi connectivity index (χ2v) is 6.00. The monoisotopic (exact) mass is 290 g/mol. The fourth-order valence-corrected chi connectivity index (χ4v) is 3.17. The zero-order valence-electron chi connectivity index (χ0n) is 13.6.